The summed E-state index contributed by atoms with van der Waals surface area (Å²) < 4.78 is 48.2. The lowest BCUT2D eigenvalue weighted by molar-refractivity contribution is -0.137. The fourth-order valence-corrected chi connectivity index (χ4v) is 5.53. The molecule has 0 radical (unpaired) electrons. The van der Waals surface area contributed by atoms with Gasteiger partial charge in [-0.25, -0.2) is 15.0 Å². The fraction of sp³-hybridized carbons (Fsp3) is 0.125. The van der Waals surface area contributed by atoms with Gasteiger partial charge in [0.2, 0.25) is 0 Å². The van der Waals surface area contributed by atoms with Gasteiger partial charge < -0.3 is 15.0 Å². The fourth-order valence-electron chi connectivity index (χ4n) is 5.53. The predicted molar refractivity (Wildman–Crippen MR) is 159 cm³/mol. The lowest BCUT2D eigenvalue weighted by Crippen LogP contribution is -2.46. The Hall–Kier alpha value is -5.45. The van der Waals surface area contributed by atoms with Crippen LogP contribution in [0, 0.1) is 6.92 Å². The largest absolute Gasteiger partial charge is 0.496 e. The van der Waals surface area contributed by atoms with Crippen LogP contribution in [-0.4, -0.2) is 33.5 Å². The number of benzene rings is 3. The zero-order chi connectivity index (χ0) is 29.7. The van der Waals surface area contributed by atoms with Gasteiger partial charge in [-0.1, -0.05) is 42.5 Å². The van der Waals surface area contributed by atoms with E-state index in [0.29, 0.717) is 28.9 Å². The van der Waals surface area contributed by atoms with Crippen molar-refractivity contribution >= 4 is 34.6 Å². The van der Waals surface area contributed by atoms with Gasteiger partial charge in [0.15, 0.2) is 23.3 Å². The van der Waals surface area contributed by atoms with Gasteiger partial charge in [-0.3, -0.25) is 0 Å². The number of aromatic nitrogens is 3. The molecule has 0 unspecified atom stereocenters. The molecular formula is C32H24F3N7O. The number of aryl methyl sites for hydroxylation is 1. The van der Waals surface area contributed by atoms with Crippen LogP contribution in [-0.2, 0) is 6.18 Å². The molecule has 7 rings (SSSR count). The van der Waals surface area contributed by atoms with Crippen LogP contribution in [0.4, 0.5) is 36.1 Å². The molecule has 0 fully saturated rings. The molecule has 0 spiro atoms. The number of pyridine rings is 1. The summed E-state index contributed by atoms with van der Waals surface area (Å²) in [4.78, 5) is 16.5. The van der Waals surface area contributed by atoms with Gasteiger partial charge in [-0.15, -0.1) is 0 Å². The summed E-state index contributed by atoms with van der Waals surface area (Å²) in [6.07, 6.45) is -2.82. The normalized spacial score (nSPS) is 15.6. The number of halogens is 3. The molecule has 43 heavy (non-hydrogen) atoms. The standard InChI is InChI=1S/C32H24F3N7O/c1-19-27-28(22-12-3-6-15-25(22)43-2)41-24-14-5-4-13-23(24)38-29(37-21-11-9-10-20(18-21)32(33,34)35)31(41)39-30(27)42(40-19)26-16-7-8-17-36-26/h3-18,28H,1-2H3,(H,37,38)/t28-/m0/s1. The van der Waals surface area contributed by atoms with Crippen molar-refractivity contribution in [2.75, 3.05) is 17.3 Å². The molecule has 1 atom stereocenters. The van der Waals surface area contributed by atoms with Gasteiger partial charge >= 0.3 is 6.18 Å². The van der Waals surface area contributed by atoms with E-state index in [2.05, 4.69) is 10.3 Å². The molecule has 0 aliphatic carbocycles. The SMILES string of the molecule is COc1ccccc1[C@H]1c2c(C)nn(-c3ccccn3)c2N=C2C(Nc3cccc(C(F)(F)F)c3)=Nc3ccccc3N21. The van der Waals surface area contributed by atoms with Gasteiger partial charge in [-0.05, 0) is 55.5 Å². The van der Waals surface area contributed by atoms with Crippen LogP contribution < -0.4 is 15.0 Å². The maximum atomic E-state index is 13.6. The minimum absolute atomic E-state index is 0.227. The monoisotopic (exact) mass is 579 g/mol. The number of nitrogens with one attached hydrogen (secondary N) is 1. The number of nitrogens with zero attached hydrogens (tertiary/aromatic N) is 6. The Kier molecular flexibility index (Phi) is 6.23. The highest BCUT2D eigenvalue weighted by atomic mass is 19.4. The van der Waals surface area contributed by atoms with Crippen molar-refractivity contribution < 1.29 is 17.9 Å². The third kappa shape index (κ3) is 4.49. The first-order chi connectivity index (χ1) is 20.8. The van der Waals surface area contributed by atoms with Crippen LogP contribution in [0.15, 0.2) is 107 Å². The van der Waals surface area contributed by atoms with Crippen molar-refractivity contribution in [3.05, 3.63) is 120 Å². The highest BCUT2D eigenvalue weighted by molar-refractivity contribution is 6.51. The predicted octanol–water partition coefficient (Wildman–Crippen LogP) is 7.40. The highest BCUT2D eigenvalue weighted by Gasteiger charge is 2.42. The minimum Gasteiger partial charge on any atom is -0.496 e. The average molecular weight is 580 g/mol. The van der Waals surface area contributed by atoms with Gasteiger partial charge in [0, 0.05) is 23.0 Å². The van der Waals surface area contributed by atoms with E-state index in [0.717, 1.165) is 34.6 Å². The topological polar surface area (TPSA) is 79.9 Å². The van der Waals surface area contributed by atoms with E-state index in [4.69, 9.17) is 19.8 Å². The number of ether oxygens (including phenoxy) is 1. The third-order valence-corrected chi connectivity index (χ3v) is 7.39. The first-order valence-corrected chi connectivity index (χ1v) is 13.5. The number of amidine groups is 2. The zero-order valence-electron chi connectivity index (χ0n) is 23.0. The lowest BCUT2D eigenvalue weighted by atomic mass is 9.92. The second-order valence-electron chi connectivity index (χ2n) is 10.0. The third-order valence-electron chi connectivity index (χ3n) is 7.39. The van der Waals surface area contributed by atoms with Crippen molar-refractivity contribution in [2.24, 2.45) is 9.98 Å². The molecule has 0 bridgehead atoms. The van der Waals surface area contributed by atoms with E-state index in [1.165, 1.54) is 6.07 Å². The maximum absolute atomic E-state index is 13.6. The zero-order valence-corrected chi connectivity index (χ0v) is 23.0. The molecule has 0 amide bonds. The Bertz CT molecular complexity index is 1910. The van der Waals surface area contributed by atoms with E-state index in [1.807, 2.05) is 78.6 Å². The van der Waals surface area contributed by atoms with Gasteiger partial charge in [0.05, 0.1) is 35.8 Å². The number of rotatable bonds is 4. The summed E-state index contributed by atoms with van der Waals surface area (Å²) in [6, 6.07) is 25.4. The van der Waals surface area contributed by atoms with Crippen LogP contribution >= 0.6 is 0 Å². The number of alkyl halides is 3. The van der Waals surface area contributed by atoms with Crippen LogP contribution in [0.5, 0.6) is 5.75 Å². The van der Waals surface area contributed by atoms with E-state index in [9.17, 15) is 13.2 Å². The highest BCUT2D eigenvalue weighted by Crippen LogP contribution is 2.49. The molecule has 2 aliphatic heterocycles. The molecule has 2 aliphatic rings. The first kappa shape index (κ1) is 26.4. The lowest BCUT2D eigenvalue weighted by Gasteiger charge is -2.40. The molecule has 8 nitrogen and oxygen atoms in total. The molecule has 0 saturated heterocycles. The molecule has 5 aromatic rings. The van der Waals surface area contributed by atoms with Crippen LogP contribution in [0.2, 0.25) is 0 Å². The number of fused-ring (bicyclic) bond motifs is 4. The van der Waals surface area contributed by atoms with Crippen LogP contribution in [0.25, 0.3) is 5.82 Å². The van der Waals surface area contributed by atoms with Gasteiger partial charge in [0.25, 0.3) is 0 Å². The molecule has 3 aromatic carbocycles. The summed E-state index contributed by atoms with van der Waals surface area (Å²) in [5, 5.41) is 7.98. The molecule has 4 heterocycles. The second kappa shape index (κ2) is 10.1. The molecule has 2 aromatic heterocycles. The van der Waals surface area contributed by atoms with Gasteiger partial charge in [-0.2, -0.15) is 23.0 Å². The van der Waals surface area contributed by atoms with Gasteiger partial charge in [0.1, 0.15) is 5.75 Å². The summed E-state index contributed by atoms with van der Waals surface area (Å²) in [7, 11) is 1.62. The summed E-state index contributed by atoms with van der Waals surface area (Å²) in [6.45, 7) is 1.92. The number of para-hydroxylation sites is 3. The maximum Gasteiger partial charge on any atom is 0.416 e. The van der Waals surface area contributed by atoms with Crippen molar-refractivity contribution in [2.45, 2.75) is 19.1 Å². The Labute approximate surface area is 244 Å². The number of aliphatic imine (C=N–C) groups is 2. The minimum atomic E-state index is -4.50. The van der Waals surface area contributed by atoms with E-state index in [-0.39, 0.29) is 11.5 Å². The van der Waals surface area contributed by atoms with Crippen molar-refractivity contribution in [3.63, 3.8) is 0 Å². The average Bonchev–Trinajstić information content (AvgIpc) is 3.36. The van der Waals surface area contributed by atoms with E-state index < -0.39 is 17.8 Å². The Morgan fingerprint density at radius 3 is 2.47 bits per heavy atom. The number of hydrogen-bond donors (Lipinski definition) is 1. The Morgan fingerprint density at radius 1 is 0.884 bits per heavy atom. The molecule has 0 saturated carbocycles. The number of methoxy groups -OCH3 is 1. The molecule has 1 N–H and O–H groups in total. The summed E-state index contributed by atoms with van der Waals surface area (Å²) in [5.74, 6) is 2.48. The summed E-state index contributed by atoms with van der Waals surface area (Å²) in [5.41, 5.74) is 3.31. The first-order valence-electron chi connectivity index (χ1n) is 13.5. The van der Waals surface area contributed by atoms with Crippen LogP contribution in [0.1, 0.15) is 28.4 Å². The van der Waals surface area contributed by atoms with E-state index >= 15 is 0 Å². The Morgan fingerprint density at radius 2 is 1.67 bits per heavy atom. The number of anilines is 2. The van der Waals surface area contributed by atoms with E-state index in [1.54, 1.807) is 24.1 Å². The summed E-state index contributed by atoms with van der Waals surface area (Å²) >= 11 is 0. The van der Waals surface area contributed by atoms with Crippen LogP contribution in [0.3, 0.4) is 0 Å². The second-order valence-corrected chi connectivity index (χ2v) is 10.0. The van der Waals surface area contributed by atoms with Crippen molar-refractivity contribution in [1.82, 2.24) is 14.8 Å². The smallest absolute Gasteiger partial charge is 0.416 e. The van der Waals surface area contributed by atoms with Crippen molar-refractivity contribution in [1.29, 1.82) is 0 Å². The molecule has 11 heteroatoms. The quantitative estimate of drug-likeness (QED) is 0.240. The Balaban J connectivity index is 1.49. The molecule has 214 valence electrons. The number of hydrogen-bond acceptors (Lipinski definition) is 7. The molecular weight excluding hydrogens is 555 g/mol. The van der Waals surface area contributed by atoms with Crippen molar-refractivity contribution in [3.8, 4) is 11.6 Å².